The Morgan fingerprint density at radius 1 is 0.537 bits per heavy atom. The number of hydrogen-bond acceptors (Lipinski definition) is 3. The summed E-state index contributed by atoms with van der Waals surface area (Å²) in [6.45, 7) is 0. The van der Waals surface area contributed by atoms with E-state index in [4.69, 9.17) is 4.42 Å². The van der Waals surface area contributed by atoms with E-state index in [0.29, 0.717) is 22.2 Å². The van der Waals surface area contributed by atoms with E-state index in [1.165, 1.54) is 16.1 Å². The molecule has 0 unspecified atom stereocenters. The maximum Gasteiger partial charge on any atom is 0.161 e. The van der Waals surface area contributed by atoms with Crippen LogP contribution in [0.15, 0.2) is 150 Å². The summed E-state index contributed by atoms with van der Waals surface area (Å²) >= 11 is 0. The molecule has 6 aromatic carbocycles. The number of furan rings is 1. The number of halogens is 1. The second-order valence-electron chi connectivity index (χ2n) is 10.1. The Bertz CT molecular complexity index is 1980. The summed E-state index contributed by atoms with van der Waals surface area (Å²) in [5.41, 5.74) is 9.23. The monoisotopic (exact) mass is 534 g/mol. The Kier molecular flexibility index (Phi) is 6.21. The second kappa shape index (κ2) is 10.3. The molecule has 0 aliphatic carbocycles. The minimum absolute atomic E-state index is 0.439. The summed E-state index contributed by atoms with van der Waals surface area (Å²) in [5.74, 6) is 0. The molecular formula is C37H27FN2O. The van der Waals surface area contributed by atoms with Gasteiger partial charge in [-0.3, -0.25) is 5.01 Å². The second-order valence-corrected chi connectivity index (χ2v) is 10.1. The molecule has 0 radical (unpaired) electrons. The quantitative estimate of drug-likeness (QED) is 0.156. The van der Waals surface area contributed by atoms with Crippen molar-refractivity contribution in [2.24, 2.45) is 0 Å². The number of hydrazine groups is 1. The van der Waals surface area contributed by atoms with Gasteiger partial charge in [-0.1, -0.05) is 114 Å². The van der Waals surface area contributed by atoms with Crippen LogP contribution in [0.5, 0.6) is 0 Å². The van der Waals surface area contributed by atoms with Crippen LogP contribution >= 0.6 is 0 Å². The molecule has 4 heteroatoms. The van der Waals surface area contributed by atoms with E-state index in [1.807, 2.05) is 48.5 Å². The van der Waals surface area contributed by atoms with Crippen LogP contribution in [0.3, 0.4) is 0 Å². The van der Waals surface area contributed by atoms with Crippen molar-refractivity contribution < 1.29 is 8.90 Å². The predicted octanol–water partition coefficient (Wildman–Crippen LogP) is 10.3. The number of benzene rings is 6. The average Bonchev–Trinajstić information content (AvgIpc) is 3.44. The molecule has 0 N–H and O–H groups in total. The van der Waals surface area contributed by atoms with E-state index in [0.717, 1.165) is 38.6 Å². The molecule has 0 saturated carbocycles. The topological polar surface area (TPSA) is 19.6 Å². The molecule has 7 rings (SSSR count). The number of hydrogen-bond donors (Lipinski definition) is 0. The predicted molar refractivity (Wildman–Crippen MR) is 168 cm³/mol. The Morgan fingerprint density at radius 2 is 1.10 bits per heavy atom. The minimum atomic E-state index is 0.439. The van der Waals surface area contributed by atoms with Crippen molar-refractivity contribution in [2.45, 2.75) is 0 Å². The highest BCUT2D eigenvalue weighted by molar-refractivity contribution is 6.16. The maximum absolute atomic E-state index is 15.5. The fourth-order valence-electron chi connectivity index (χ4n) is 5.50. The highest BCUT2D eigenvalue weighted by Gasteiger charge is 2.21. The molecule has 41 heavy (non-hydrogen) atoms. The molecule has 1 heterocycles. The van der Waals surface area contributed by atoms with Gasteiger partial charge < -0.3 is 4.42 Å². The lowest BCUT2D eigenvalue weighted by Gasteiger charge is -2.27. The number of anilines is 2. The van der Waals surface area contributed by atoms with Crippen LogP contribution in [0, 0.1) is 0 Å². The molecule has 0 bridgehead atoms. The fraction of sp³-hybridized carbons (Fsp3) is 0.0270. The van der Waals surface area contributed by atoms with Gasteiger partial charge in [0.25, 0.3) is 0 Å². The fourth-order valence-corrected chi connectivity index (χ4v) is 5.50. The van der Waals surface area contributed by atoms with Crippen LogP contribution in [0.25, 0.3) is 55.3 Å². The van der Waals surface area contributed by atoms with Gasteiger partial charge >= 0.3 is 0 Å². The number of para-hydroxylation sites is 2. The van der Waals surface area contributed by atoms with Crippen LogP contribution in [-0.2, 0) is 0 Å². The normalized spacial score (nSPS) is 11.2. The Labute approximate surface area is 238 Å². The van der Waals surface area contributed by atoms with Gasteiger partial charge in [0.1, 0.15) is 11.3 Å². The van der Waals surface area contributed by atoms with E-state index >= 15 is 4.48 Å². The Balaban J connectivity index is 1.35. The third-order valence-electron chi connectivity index (χ3n) is 7.56. The van der Waals surface area contributed by atoms with Crippen molar-refractivity contribution in [3.05, 3.63) is 146 Å². The van der Waals surface area contributed by atoms with E-state index in [9.17, 15) is 0 Å². The lowest BCUT2D eigenvalue weighted by atomic mass is 9.94. The Hall–Kier alpha value is -5.35. The summed E-state index contributed by atoms with van der Waals surface area (Å²) in [6, 6.07) is 48.6. The molecule has 3 nitrogen and oxygen atoms in total. The van der Waals surface area contributed by atoms with Crippen molar-refractivity contribution in [1.82, 2.24) is 0 Å². The zero-order valence-corrected chi connectivity index (χ0v) is 22.5. The smallest absolute Gasteiger partial charge is 0.161 e. The third kappa shape index (κ3) is 4.50. The number of nitrogens with zero attached hydrogens (tertiary/aromatic N) is 2. The molecule has 7 aromatic rings. The van der Waals surface area contributed by atoms with Gasteiger partial charge in [0.2, 0.25) is 0 Å². The van der Waals surface area contributed by atoms with Gasteiger partial charge in [-0.05, 0) is 69.8 Å². The lowest BCUT2D eigenvalue weighted by Crippen LogP contribution is -2.33. The largest absolute Gasteiger partial charge is 0.454 e. The first-order chi connectivity index (χ1) is 20.2. The van der Waals surface area contributed by atoms with E-state index in [2.05, 4.69) is 84.9 Å². The van der Waals surface area contributed by atoms with Crippen molar-refractivity contribution in [2.75, 3.05) is 17.3 Å². The molecule has 0 atom stereocenters. The summed E-state index contributed by atoms with van der Waals surface area (Å²) in [4.78, 5) is 0. The first-order valence-electron chi connectivity index (χ1n) is 13.6. The zero-order valence-electron chi connectivity index (χ0n) is 22.5. The molecular weight excluding hydrogens is 507 g/mol. The summed E-state index contributed by atoms with van der Waals surface area (Å²) < 4.78 is 21.9. The number of rotatable bonds is 6. The number of fused-ring (bicyclic) bond motifs is 3. The minimum Gasteiger partial charge on any atom is -0.454 e. The molecule has 0 spiro atoms. The summed E-state index contributed by atoms with van der Waals surface area (Å²) in [5, 5.41) is 4.08. The van der Waals surface area contributed by atoms with Crippen LogP contribution in [0.2, 0.25) is 0 Å². The van der Waals surface area contributed by atoms with Crippen LogP contribution in [-0.4, -0.2) is 7.05 Å². The van der Waals surface area contributed by atoms with Gasteiger partial charge in [-0.2, -0.15) is 0 Å². The third-order valence-corrected chi connectivity index (χ3v) is 7.56. The maximum atomic E-state index is 15.5. The van der Waals surface area contributed by atoms with Gasteiger partial charge in [0.05, 0.1) is 5.69 Å². The molecule has 0 aliphatic heterocycles. The molecule has 0 amide bonds. The highest BCUT2D eigenvalue weighted by Crippen LogP contribution is 2.42. The van der Waals surface area contributed by atoms with E-state index in [1.54, 1.807) is 19.2 Å². The SMILES string of the molecule is CN(c1ccc(-c2cccc(-c3cccc(-c4ccccc4)c3)c2)c2c1oc1ccccc12)N(F)c1ccccc1. The van der Waals surface area contributed by atoms with Crippen molar-refractivity contribution in [3.8, 4) is 33.4 Å². The van der Waals surface area contributed by atoms with Crippen LogP contribution < -0.4 is 10.2 Å². The summed E-state index contributed by atoms with van der Waals surface area (Å²) in [6.07, 6.45) is 0. The molecule has 0 aliphatic rings. The van der Waals surface area contributed by atoms with Gasteiger partial charge in [0.15, 0.2) is 5.58 Å². The summed E-state index contributed by atoms with van der Waals surface area (Å²) in [7, 11) is 1.70. The van der Waals surface area contributed by atoms with Crippen LogP contribution in [0.4, 0.5) is 15.9 Å². The van der Waals surface area contributed by atoms with Gasteiger partial charge in [0, 0.05) is 17.8 Å². The van der Waals surface area contributed by atoms with Crippen LogP contribution in [0.1, 0.15) is 0 Å². The Morgan fingerprint density at radius 3 is 1.83 bits per heavy atom. The van der Waals surface area contributed by atoms with Gasteiger partial charge in [-0.25, -0.2) is 0 Å². The molecule has 0 saturated heterocycles. The van der Waals surface area contributed by atoms with Crippen molar-refractivity contribution in [3.63, 3.8) is 0 Å². The first-order valence-corrected chi connectivity index (χ1v) is 13.6. The average molecular weight is 535 g/mol. The molecule has 1 aromatic heterocycles. The standard InChI is InChI=1S/C37H27FN2O/c1-39(40(38)31-18-6-3-7-19-31)34-23-22-32(36-33-20-8-9-21-35(33)41-37(34)36)30-17-11-16-29(25-30)28-15-10-14-27(24-28)26-12-4-2-5-13-26/h2-25H,1H3. The van der Waals surface area contributed by atoms with Gasteiger partial charge in [-0.15, -0.1) is 5.23 Å². The highest BCUT2D eigenvalue weighted by atomic mass is 19.2. The van der Waals surface area contributed by atoms with Crippen molar-refractivity contribution in [1.29, 1.82) is 0 Å². The zero-order chi connectivity index (χ0) is 27.8. The first kappa shape index (κ1) is 24.7. The molecule has 198 valence electrons. The van der Waals surface area contributed by atoms with Crippen molar-refractivity contribution >= 4 is 33.3 Å². The molecule has 0 fully saturated rings. The lowest BCUT2D eigenvalue weighted by molar-refractivity contribution is 0.426. The van der Waals surface area contributed by atoms with E-state index < -0.39 is 0 Å². The van der Waals surface area contributed by atoms with E-state index in [-0.39, 0.29) is 0 Å².